The predicted molar refractivity (Wildman–Crippen MR) is 75.3 cm³/mol. The van der Waals surface area contributed by atoms with Crippen LogP contribution in [0, 0.1) is 20.8 Å². The molecule has 1 aromatic carbocycles. The number of rotatable bonds is 5. The van der Waals surface area contributed by atoms with Crippen molar-refractivity contribution >= 4 is 0 Å². The van der Waals surface area contributed by atoms with Gasteiger partial charge in [-0.25, -0.2) is 0 Å². The summed E-state index contributed by atoms with van der Waals surface area (Å²) >= 11 is 0. The van der Waals surface area contributed by atoms with Crippen molar-refractivity contribution in [1.82, 2.24) is 5.32 Å². The van der Waals surface area contributed by atoms with Crippen LogP contribution < -0.4 is 11.1 Å². The Bertz CT molecular complexity index is 408. The van der Waals surface area contributed by atoms with Gasteiger partial charge in [-0.1, -0.05) is 24.3 Å². The molecule has 0 aliphatic rings. The van der Waals surface area contributed by atoms with Crippen molar-refractivity contribution in [3.05, 3.63) is 46.5 Å². The summed E-state index contributed by atoms with van der Waals surface area (Å²) in [6, 6.07) is 4.69. The lowest BCUT2D eigenvalue weighted by Crippen LogP contribution is -2.30. The minimum atomic E-state index is 0.214. The highest BCUT2D eigenvalue weighted by molar-refractivity contribution is 5.38. The second-order valence-corrected chi connectivity index (χ2v) is 4.92. The van der Waals surface area contributed by atoms with E-state index >= 15 is 0 Å². The first-order valence-corrected chi connectivity index (χ1v) is 6.11. The highest BCUT2D eigenvalue weighted by Gasteiger charge is 2.12. The fourth-order valence-electron chi connectivity index (χ4n) is 1.98. The molecule has 0 heterocycles. The second kappa shape index (κ2) is 5.99. The number of nitrogens with one attached hydrogen (secondary N) is 1. The summed E-state index contributed by atoms with van der Waals surface area (Å²) in [5.41, 5.74) is 12.2. The third kappa shape index (κ3) is 3.69. The van der Waals surface area contributed by atoms with Gasteiger partial charge in [-0.15, -0.1) is 0 Å². The molecule has 17 heavy (non-hydrogen) atoms. The molecule has 0 saturated heterocycles. The molecule has 3 N–H and O–H groups in total. The molecule has 0 saturated carbocycles. The first-order chi connectivity index (χ1) is 7.95. The highest BCUT2D eigenvalue weighted by atomic mass is 14.9. The molecule has 1 unspecified atom stereocenters. The quantitative estimate of drug-likeness (QED) is 0.766. The van der Waals surface area contributed by atoms with Crippen molar-refractivity contribution in [3.8, 4) is 0 Å². The zero-order chi connectivity index (χ0) is 13.0. The summed E-state index contributed by atoms with van der Waals surface area (Å²) in [6.07, 6.45) is 0. The largest absolute Gasteiger partial charge is 0.329 e. The van der Waals surface area contributed by atoms with E-state index in [9.17, 15) is 0 Å². The summed E-state index contributed by atoms with van der Waals surface area (Å²) in [5, 5.41) is 3.45. The topological polar surface area (TPSA) is 38.0 Å². The van der Waals surface area contributed by atoms with Crippen molar-refractivity contribution in [3.63, 3.8) is 0 Å². The zero-order valence-corrected chi connectivity index (χ0v) is 11.4. The average molecular weight is 232 g/mol. The fraction of sp³-hybridized carbons (Fsp3) is 0.467. The van der Waals surface area contributed by atoms with E-state index in [4.69, 9.17) is 5.73 Å². The predicted octanol–water partition coefficient (Wildman–Crippen LogP) is 2.78. The lowest BCUT2D eigenvalue weighted by atomic mass is 9.95. The molecule has 0 amide bonds. The Morgan fingerprint density at radius 3 is 2.35 bits per heavy atom. The van der Waals surface area contributed by atoms with E-state index in [1.165, 1.54) is 22.3 Å². The monoisotopic (exact) mass is 232 g/mol. The fourth-order valence-corrected chi connectivity index (χ4v) is 1.98. The number of aryl methyl sites for hydroxylation is 3. The Kier molecular flexibility index (Phi) is 4.91. The van der Waals surface area contributed by atoms with E-state index in [2.05, 4.69) is 44.8 Å². The maximum atomic E-state index is 5.86. The molecule has 0 spiro atoms. The molecular formula is C15H24N2. The number of benzene rings is 1. The summed E-state index contributed by atoms with van der Waals surface area (Å²) in [6.45, 7) is 13.8. The van der Waals surface area contributed by atoms with Crippen LogP contribution in [0.15, 0.2) is 24.3 Å². The smallest absolute Gasteiger partial charge is 0.0449 e. The summed E-state index contributed by atoms with van der Waals surface area (Å²) in [5.74, 6) is 0. The Morgan fingerprint density at radius 2 is 1.82 bits per heavy atom. The summed E-state index contributed by atoms with van der Waals surface area (Å²) in [4.78, 5) is 0. The van der Waals surface area contributed by atoms with Crippen molar-refractivity contribution in [2.45, 2.75) is 33.7 Å². The maximum absolute atomic E-state index is 5.86. The van der Waals surface area contributed by atoms with Crippen molar-refractivity contribution in [1.29, 1.82) is 0 Å². The first-order valence-electron chi connectivity index (χ1n) is 6.11. The van der Waals surface area contributed by atoms with Crippen molar-refractivity contribution < 1.29 is 0 Å². The van der Waals surface area contributed by atoms with E-state index in [1.54, 1.807) is 0 Å². The maximum Gasteiger partial charge on any atom is 0.0449 e. The van der Waals surface area contributed by atoms with Crippen molar-refractivity contribution in [2.75, 3.05) is 13.1 Å². The van der Waals surface area contributed by atoms with Gasteiger partial charge in [-0.05, 0) is 49.9 Å². The Hall–Kier alpha value is -1.12. The molecule has 1 atom stereocenters. The van der Waals surface area contributed by atoms with Crippen LogP contribution in [0.2, 0.25) is 0 Å². The summed E-state index contributed by atoms with van der Waals surface area (Å²) < 4.78 is 0. The van der Waals surface area contributed by atoms with E-state index < -0.39 is 0 Å². The van der Waals surface area contributed by atoms with Gasteiger partial charge in [-0.2, -0.15) is 0 Å². The lowest BCUT2D eigenvalue weighted by molar-refractivity contribution is 0.566. The van der Waals surface area contributed by atoms with E-state index in [0.29, 0.717) is 6.54 Å². The number of nitrogens with two attached hydrogens (primary N) is 1. The lowest BCUT2D eigenvalue weighted by Gasteiger charge is -2.21. The summed E-state index contributed by atoms with van der Waals surface area (Å²) in [7, 11) is 0. The van der Waals surface area contributed by atoms with Gasteiger partial charge in [0.15, 0.2) is 0 Å². The molecule has 94 valence electrons. The molecule has 0 radical (unpaired) electrons. The molecule has 0 aliphatic carbocycles. The molecule has 0 aromatic heterocycles. The van der Waals surface area contributed by atoms with Crippen LogP contribution in [0.4, 0.5) is 0 Å². The van der Waals surface area contributed by atoms with Crippen molar-refractivity contribution in [2.24, 2.45) is 5.73 Å². The molecule has 0 fully saturated rings. The molecule has 0 aliphatic heterocycles. The Labute approximate surface area is 105 Å². The molecular weight excluding hydrogens is 208 g/mol. The minimum Gasteiger partial charge on any atom is -0.329 e. The van der Waals surface area contributed by atoms with Gasteiger partial charge in [-0.3, -0.25) is 0 Å². The van der Waals surface area contributed by atoms with Crippen LogP contribution in [0.1, 0.15) is 35.2 Å². The van der Waals surface area contributed by atoms with Gasteiger partial charge in [0.25, 0.3) is 0 Å². The van der Waals surface area contributed by atoms with Gasteiger partial charge in [0, 0.05) is 19.1 Å². The molecule has 2 heteroatoms. The third-order valence-corrected chi connectivity index (χ3v) is 3.14. The van der Waals surface area contributed by atoms with Crippen LogP contribution >= 0.6 is 0 Å². The van der Waals surface area contributed by atoms with Gasteiger partial charge in [0.1, 0.15) is 0 Å². The number of hydrogen-bond acceptors (Lipinski definition) is 2. The van der Waals surface area contributed by atoms with Crippen LogP contribution in [-0.4, -0.2) is 13.1 Å². The molecule has 2 nitrogen and oxygen atoms in total. The standard InChI is InChI=1S/C15H24N2/c1-10(2)9-17-15(8-16)14-7-12(4)11(3)6-13(14)5/h6-7,15,17H,1,8-9,16H2,2-5H3. The molecule has 1 rings (SSSR count). The Morgan fingerprint density at radius 1 is 1.24 bits per heavy atom. The normalized spacial score (nSPS) is 12.5. The molecule has 1 aromatic rings. The van der Waals surface area contributed by atoms with Crippen LogP contribution in [0.3, 0.4) is 0 Å². The zero-order valence-electron chi connectivity index (χ0n) is 11.4. The molecule has 0 bridgehead atoms. The minimum absolute atomic E-state index is 0.214. The first kappa shape index (κ1) is 13.9. The third-order valence-electron chi connectivity index (χ3n) is 3.14. The highest BCUT2D eigenvalue weighted by Crippen LogP contribution is 2.21. The van der Waals surface area contributed by atoms with Crippen LogP contribution in [0.5, 0.6) is 0 Å². The van der Waals surface area contributed by atoms with Crippen LogP contribution in [0.25, 0.3) is 0 Å². The van der Waals surface area contributed by atoms with Gasteiger partial charge in [0.2, 0.25) is 0 Å². The van der Waals surface area contributed by atoms with Gasteiger partial charge >= 0.3 is 0 Å². The van der Waals surface area contributed by atoms with E-state index in [-0.39, 0.29) is 6.04 Å². The average Bonchev–Trinajstić information content (AvgIpc) is 2.25. The van der Waals surface area contributed by atoms with E-state index in [1.807, 2.05) is 6.92 Å². The van der Waals surface area contributed by atoms with E-state index in [0.717, 1.165) is 12.1 Å². The van der Waals surface area contributed by atoms with Gasteiger partial charge in [0.05, 0.1) is 0 Å². The van der Waals surface area contributed by atoms with Gasteiger partial charge < -0.3 is 11.1 Å². The Balaban J connectivity index is 2.95. The van der Waals surface area contributed by atoms with Crippen LogP contribution in [-0.2, 0) is 0 Å². The SMILES string of the molecule is C=C(C)CNC(CN)c1cc(C)c(C)cc1C. The second-order valence-electron chi connectivity index (χ2n) is 4.92. The number of hydrogen-bond donors (Lipinski definition) is 2.